The van der Waals surface area contributed by atoms with Gasteiger partial charge in [0, 0.05) is 54.5 Å². The molecule has 0 spiro atoms. The predicted octanol–water partition coefficient (Wildman–Crippen LogP) is 10.1. The Morgan fingerprint density at radius 2 is 1.27 bits per heavy atom. The van der Waals surface area contributed by atoms with E-state index in [0.717, 1.165) is 36.8 Å². The monoisotopic (exact) mass is 613 g/mol. The van der Waals surface area contributed by atoms with Crippen LogP contribution >= 0.6 is 0 Å². The number of allylic oxidation sites excluding steroid dienone is 4. The van der Waals surface area contributed by atoms with Gasteiger partial charge in [-0.3, -0.25) is 0 Å². The highest BCUT2D eigenvalue weighted by molar-refractivity contribution is 5.21. The van der Waals surface area contributed by atoms with Crippen molar-refractivity contribution in [3.8, 4) is 0 Å². The van der Waals surface area contributed by atoms with Crippen molar-refractivity contribution in [3.05, 3.63) is 46.6 Å². The second-order valence-corrected chi connectivity index (χ2v) is 15.9. The summed E-state index contributed by atoms with van der Waals surface area (Å²) in [5.74, 6) is 5.71. The van der Waals surface area contributed by atoms with Crippen LogP contribution in [0.25, 0.3) is 0 Å². The van der Waals surface area contributed by atoms with Crippen molar-refractivity contribution in [2.24, 2.45) is 47.3 Å². The molecule has 2 unspecified atom stereocenters. The third kappa shape index (κ3) is 13.3. The molecule has 0 radical (unpaired) electrons. The van der Waals surface area contributed by atoms with E-state index in [1.807, 2.05) is 0 Å². The largest absolute Gasteiger partial charge is 0.388 e. The number of nitrogens with zero attached hydrogens (tertiary/aromatic N) is 1. The van der Waals surface area contributed by atoms with Crippen LogP contribution in [0.5, 0.6) is 0 Å². The van der Waals surface area contributed by atoms with Crippen molar-refractivity contribution in [1.29, 1.82) is 0 Å². The van der Waals surface area contributed by atoms with E-state index >= 15 is 0 Å². The number of hydrogen-bond acceptors (Lipinski definition) is 4. The molecule has 256 valence electrons. The summed E-state index contributed by atoms with van der Waals surface area (Å²) in [6.07, 6.45) is 10.8. The van der Waals surface area contributed by atoms with Crippen LogP contribution in [-0.4, -0.2) is 36.6 Å². The minimum absolute atomic E-state index is 0.666. The third-order valence-corrected chi connectivity index (χ3v) is 9.38. The summed E-state index contributed by atoms with van der Waals surface area (Å²) in [7, 11) is 0. The van der Waals surface area contributed by atoms with Crippen LogP contribution in [0.2, 0.25) is 0 Å². The van der Waals surface area contributed by atoms with E-state index in [4.69, 9.17) is 0 Å². The normalized spacial score (nSPS) is 21.3. The molecule has 4 nitrogen and oxygen atoms in total. The van der Waals surface area contributed by atoms with E-state index in [1.165, 1.54) is 42.9 Å². The van der Waals surface area contributed by atoms with Gasteiger partial charge in [-0.2, -0.15) is 0 Å². The molecule has 4 aliphatic heterocycles. The molecule has 4 rings (SSSR count). The summed E-state index contributed by atoms with van der Waals surface area (Å²) in [6, 6.07) is 1.36. The molecular weight excluding hydrogens is 536 g/mol. The Bertz CT molecular complexity index is 924. The molecule has 2 atom stereocenters. The maximum atomic E-state index is 3.55. The Morgan fingerprint density at radius 3 is 1.59 bits per heavy atom. The predicted molar refractivity (Wildman–Crippen MR) is 197 cm³/mol. The summed E-state index contributed by atoms with van der Waals surface area (Å²) >= 11 is 0. The lowest BCUT2D eigenvalue weighted by Crippen LogP contribution is -2.29. The Balaban J connectivity index is 0.000000293. The Morgan fingerprint density at radius 1 is 0.659 bits per heavy atom. The number of hydrogen-bond donors (Lipinski definition) is 3. The highest BCUT2D eigenvalue weighted by atomic mass is 15.2. The first-order valence-corrected chi connectivity index (χ1v) is 18.3. The zero-order valence-corrected chi connectivity index (χ0v) is 32.2. The molecule has 4 heteroatoms. The van der Waals surface area contributed by atoms with E-state index in [0.29, 0.717) is 35.8 Å². The van der Waals surface area contributed by atoms with Crippen molar-refractivity contribution in [3.63, 3.8) is 0 Å². The van der Waals surface area contributed by atoms with E-state index < -0.39 is 0 Å². The Labute approximate surface area is 276 Å². The lowest BCUT2D eigenvalue weighted by atomic mass is 9.96. The van der Waals surface area contributed by atoms with Crippen LogP contribution in [-0.2, 0) is 0 Å². The molecule has 0 aliphatic carbocycles. The van der Waals surface area contributed by atoms with Crippen LogP contribution in [0.15, 0.2) is 46.6 Å². The van der Waals surface area contributed by atoms with E-state index in [2.05, 4.69) is 150 Å². The molecule has 0 amide bonds. The van der Waals surface area contributed by atoms with Gasteiger partial charge < -0.3 is 20.9 Å². The minimum atomic E-state index is 0.666. The van der Waals surface area contributed by atoms with Gasteiger partial charge in [0.2, 0.25) is 0 Å². The zero-order chi connectivity index (χ0) is 33.7. The van der Waals surface area contributed by atoms with E-state index in [9.17, 15) is 0 Å². The average Bonchev–Trinajstić information content (AvgIpc) is 3.75. The van der Waals surface area contributed by atoms with Crippen molar-refractivity contribution in [2.75, 3.05) is 19.6 Å². The van der Waals surface area contributed by atoms with E-state index in [-0.39, 0.29) is 0 Å². The molecule has 0 aromatic carbocycles. The smallest absolute Gasteiger partial charge is 0.0316 e. The second kappa shape index (κ2) is 19.6. The van der Waals surface area contributed by atoms with Crippen LogP contribution in [0.3, 0.4) is 0 Å². The molecule has 3 N–H and O–H groups in total. The quantitative estimate of drug-likeness (QED) is 0.255. The van der Waals surface area contributed by atoms with Crippen molar-refractivity contribution >= 4 is 0 Å². The van der Waals surface area contributed by atoms with Gasteiger partial charge in [0.1, 0.15) is 0 Å². The van der Waals surface area contributed by atoms with Gasteiger partial charge in [0.15, 0.2) is 0 Å². The molecule has 0 bridgehead atoms. The second-order valence-electron chi connectivity index (χ2n) is 15.9. The summed E-state index contributed by atoms with van der Waals surface area (Å²) in [5.41, 5.74) is 7.55. The fourth-order valence-electron chi connectivity index (χ4n) is 6.31. The first-order chi connectivity index (χ1) is 20.5. The van der Waals surface area contributed by atoms with Gasteiger partial charge in [-0.05, 0) is 86.0 Å². The van der Waals surface area contributed by atoms with Crippen LogP contribution in [0.4, 0.5) is 0 Å². The summed E-state index contributed by atoms with van der Waals surface area (Å²) in [4.78, 5) is 2.50. The van der Waals surface area contributed by atoms with Gasteiger partial charge in [0.05, 0.1) is 0 Å². The lowest BCUT2D eigenvalue weighted by Gasteiger charge is -2.28. The maximum Gasteiger partial charge on any atom is 0.0316 e. The SMILES string of the molecule is CC(C)C1=C(C(C)C)NCC1.CC(C)C1=CC(C(C)C)CN1.CC(C)C1=CCC(C(C)C)N1.CC(C)C1=CCCN1C(C)C. The van der Waals surface area contributed by atoms with Crippen molar-refractivity contribution in [2.45, 2.75) is 142 Å². The molecular formula is C40H76N4. The van der Waals surface area contributed by atoms with Crippen LogP contribution in [0, 0.1) is 47.3 Å². The fraction of sp³-hybridized carbons (Fsp3) is 0.800. The first-order valence-electron chi connectivity index (χ1n) is 18.3. The highest BCUT2D eigenvalue weighted by Crippen LogP contribution is 2.27. The zero-order valence-electron chi connectivity index (χ0n) is 32.2. The fourth-order valence-corrected chi connectivity index (χ4v) is 6.31. The van der Waals surface area contributed by atoms with Crippen molar-refractivity contribution in [1.82, 2.24) is 20.9 Å². The Kier molecular flexibility index (Phi) is 17.9. The lowest BCUT2D eigenvalue weighted by molar-refractivity contribution is 0.285. The summed E-state index contributed by atoms with van der Waals surface area (Å²) < 4.78 is 0. The molecule has 0 aromatic rings. The molecule has 0 saturated carbocycles. The van der Waals surface area contributed by atoms with Gasteiger partial charge in [0.25, 0.3) is 0 Å². The molecule has 0 saturated heterocycles. The van der Waals surface area contributed by atoms with Gasteiger partial charge in [-0.1, -0.05) is 115 Å². The molecule has 0 fully saturated rings. The van der Waals surface area contributed by atoms with Crippen LogP contribution in [0.1, 0.15) is 130 Å². The molecule has 4 aliphatic rings. The van der Waals surface area contributed by atoms with Gasteiger partial charge in [-0.15, -0.1) is 0 Å². The maximum absolute atomic E-state index is 3.55. The van der Waals surface area contributed by atoms with E-state index in [1.54, 1.807) is 11.3 Å². The average molecular weight is 613 g/mol. The van der Waals surface area contributed by atoms with Gasteiger partial charge in [-0.25, -0.2) is 0 Å². The standard InChI is InChI=1S/4C10H19N/c1-7(2)9-5-10(8(3)4)11-6-9;1-8(2)10-6-5-7-11(10)9(3)4;1-7(2)9-5-6-11-10(9)8(3)4;1-7(2)9-5-6-10(11-9)8(3)4/h5,7-9,11H,6H2,1-4H3;6,8-9H,5,7H2,1-4H3;7-8,11H,5-6H2,1-4H3;5,7-8,10-11H,6H2,1-4H3. The topological polar surface area (TPSA) is 39.3 Å². The molecule has 0 aromatic heterocycles. The van der Waals surface area contributed by atoms with Crippen LogP contribution < -0.4 is 16.0 Å². The highest BCUT2D eigenvalue weighted by Gasteiger charge is 2.21. The number of nitrogens with one attached hydrogen (secondary N) is 3. The van der Waals surface area contributed by atoms with Gasteiger partial charge >= 0.3 is 0 Å². The summed E-state index contributed by atoms with van der Waals surface area (Å²) in [6.45, 7) is 39.7. The first kappa shape index (κ1) is 40.2. The molecule has 44 heavy (non-hydrogen) atoms. The number of rotatable bonds is 8. The Hall–Kier alpha value is -1.84. The van der Waals surface area contributed by atoms with Crippen molar-refractivity contribution < 1.29 is 0 Å². The molecule has 4 heterocycles. The third-order valence-electron chi connectivity index (χ3n) is 9.38. The summed E-state index contributed by atoms with van der Waals surface area (Å²) in [5, 5.41) is 10.5. The minimum Gasteiger partial charge on any atom is -0.388 e.